The fraction of sp³-hybridized carbons (Fsp3) is 1.00. The van der Waals surface area contributed by atoms with Gasteiger partial charge in [-0.15, -0.1) is 0 Å². The van der Waals surface area contributed by atoms with E-state index in [2.05, 4.69) is 13.8 Å². The molecule has 0 saturated heterocycles. The zero-order valence-electron chi connectivity index (χ0n) is 8.60. The van der Waals surface area contributed by atoms with Crippen LogP contribution >= 0.6 is 0 Å². The Balaban J connectivity index is 2.14. The second-order valence-corrected chi connectivity index (χ2v) is 5.28. The highest BCUT2D eigenvalue weighted by molar-refractivity contribution is 4.92. The maximum atomic E-state index is 2.56. The van der Waals surface area contributed by atoms with E-state index in [1.807, 2.05) is 0 Å². The Bertz CT molecular complexity index is 159. The van der Waals surface area contributed by atoms with Crippen molar-refractivity contribution in [3.05, 3.63) is 0 Å². The van der Waals surface area contributed by atoms with E-state index in [1.54, 1.807) is 0 Å². The maximum absolute atomic E-state index is 2.56. The van der Waals surface area contributed by atoms with Crippen LogP contribution in [0.2, 0.25) is 0 Å². The minimum Gasteiger partial charge on any atom is -0.0620 e. The molecule has 2 saturated carbocycles. The largest absolute Gasteiger partial charge is 0.0620 e. The number of rotatable bonds is 0. The van der Waals surface area contributed by atoms with Gasteiger partial charge < -0.3 is 0 Å². The first-order valence-corrected chi connectivity index (χ1v) is 5.73. The van der Waals surface area contributed by atoms with E-state index in [9.17, 15) is 0 Å². The van der Waals surface area contributed by atoms with Crippen molar-refractivity contribution >= 4 is 0 Å². The molecule has 2 fully saturated rings. The van der Waals surface area contributed by atoms with E-state index >= 15 is 0 Å². The zero-order valence-corrected chi connectivity index (χ0v) is 8.60. The fourth-order valence-electron chi connectivity index (χ4n) is 3.55. The van der Waals surface area contributed by atoms with Gasteiger partial charge in [-0.2, -0.15) is 0 Å². The molecule has 2 rings (SSSR count). The molecule has 70 valence electrons. The highest BCUT2D eigenvalue weighted by Crippen LogP contribution is 2.52. The molecule has 2 unspecified atom stereocenters. The van der Waals surface area contributed by atoms with Crippen LogP contribution in [-0.2, 0) is 0 Å². The van der Waals surface area contributed by atoms with Crippen LogP contribution in [0, 0.1) is 17.3 Å². The van der Waals surface area contributed by atoms with Gasteiger partial charge in [0.2, 0.25) is 0 Å². The van der Waals surface area contributed by atoms with Crippen molar-refractivity contribution in [1.29, 1.82) is 0 Å². The highest BCUT2D eigenvalue weighted by atomic mass is 14.5. The van der Waals surface area contributed by atoms with Gasteiger partial charge in [0.05, 0.1) is 0 Å². The topological polar surface area (TPSA) is 0 Å². The van der Waals surface area contributed by atoms with Crippen LogP contribution in [-0.4, -0.2) is 0 Å². The number of hydrogen-bond donors (Lipinski definition) is 0. The molecule has 0 aromatic carbocycles. The van der Waals surface area contributed by atoms with Gasteiger partial charge in [0, 0.05) is 0 Å². The van der Waals surface area contributed by atoms with E-state index in [4.69, 9.17) is 0 Å². The van der Waals surface area contributed by atoms with Crippen LogP contribution in [0.25, 0.3) is 0 Å². The number of hydrogen-bond acceptors (Lipinski definition) is 0. The van der Waals surface area contributed by atoms with Crippen molar-refractivity contribution in [3.63, 3.8) is 0 Å². The van der Waals surface area contributed by atoms with Crippen LogP contribution in [0.4, 0.5) is 0 Å². The molecule has 0 radical (unpaired) electrons. The van der Waals surface area contributed by atoms with E-state index < -0.39 is 0 Å². The van der Waals surface area contributed by atoms with Crippen LogP contribution in [0.15, 0.2) is 0 Å². The van der Waals surface area contributed by atoms with Crippen molar-refractivity contribution in [3.8, 4) is 0 Å². The third-order valence-electron chi connectivity index (χ3n) is 4.77. The minimum atomic E-state index is 0.733. The lowest BCUT2D eigenvalue weighted by molar-refractivity contribution is 0.0108. The summed E-state index contributed by atoms with van der Waals surface area (Å²) in [7, 11) is 0. The molecule has 12 heavy (non-hydrogen) atoms. The normalized spacial score (nSPS) is 48.5. The zero-order chi connectivity index (χ0) is 8.60. The predicted molar refractivity (Wildman–Crippen MR) is 53.1 cm³/mol. The lowest BCUT2D eigenvalue weighted by Crippen LogP contribution is -2.39. The molecule has 0 nitrogen and oxygen atoms in total. The molecule has 2 aliphatic rings. The second-order valence-electron chi connectivity index (χ2n) is 5.28. The van der Waals surface area contributed by atoms with E-state index in [0.29, 0.717) is 0 Å². The molecular weight excluding hydrogens is 144 g/mol. The summed E-state index contributed by atoms with van der Waals surface area (Å²) in [6, 6.07) is 0. The van der Waals surface area contributed by atoms with Gasteiger partial charge in [-0.3, -0.25) is 0 Å². The first-order chi connectivity index (χ1) is 5.73. The van der Waals surface area contributed by atoms with Crippen molar-refractivity contribution in [2.45, 2.75) is 58.8 Å². The summed E-state index contributed by atoms with van der Waals surface area (Å²) in [5.74, 6) is 2.08. The van der Waals surface area contributed by atoms with Crippen LogP contribution in [0.1, 0.15) is 58.8 Å². The van der Waals surface area contributed by atoms with Crippen molar-refractivity contribution in [1.82, 2.24) is 0 Å². The molecule has 0 spiro atoms. The summed E-state index contributed by atoms with van der Waals surface area (Å²) in [6.07, 6.45) is 10.6. The first-order valence-electron chi connectivity index (χ1n) is 5.73. The summed E-state index contributed by atoms with van der Waals surface area (Å²) >= 11 is 0. The third kappa shape index (κ3) is 1.20. The average Bonchev–Trinajstić information content (AvgIpc) is 2.07. The Hall–Kier alpha value is 0. The molecule has 0 aromatic heterocycles. The van der Waals surface area contributed by atoms with Gasteiger partial charge in [0.15, 0.2) is 0 Å². The van der Waals surface area contributed by atoms with Gasteiger partial charge >= 0.3 is 0 Å². The molecule has 2 aliphatic carbocycles. The molecule has 3 atom stereocenters. The van der Waals surface area contributed by atoms with Gasteiger partial charge in [-0.05, 0) is 36.5 Å². The summed E-state index contributed by atoms with van der Waals surface area (Å²) in [5.41, 5.74) is 0.733. The molecule has 0 heterocycles. The Morgan fingerprint density at radius 3 is 2.50 bits per heavy atom. The second kappa shape index (κ2) is 3.05. The lowest BCUT2D eigenvalue weighted by atomic mass is 9.56. The summed E-state index contributed by atoms with van der Waals surface area (Å²) < 4.78 is 0. The minimum absolute atomic E-state index is 0.733. The standard InChI is InChI=1S/C12H22/c1-10-6-5-8-11-7-3-4-9-12(10,11)2/h10-11H,3-9H2,1-2H3/t10?,11?,12-/m1/s1. The lowest BCUT2D eigenvalue weighted by Gasteiger charge is -2.49. The Kier molecular flexibility index (Phi) is 2.18. The monoisotopic (exact) mass is 166 g/mol. The summed E-state index contributed by atoms with van der Waals surface area (Å²) in [6.45, 7) is 5.04. The first kappa shape index (κ1) is 8.59. The van der Waals surface area contributed by atoms with E-state index in [0.717, 1.165) is 17.3 Å². The van der Waals surface area contributed by atoms with E-state index in [1.165, 1.54) is 44.9 Å². The van der Waals surface area contributed by atoms with Gasteiger partial charge in [0.1, 0.15) is 0 Å². The SMILES string of the molecule is CC1CCCC2CCCC[C@]12C. The maximum Gasteiger partial charge on any atom is -0.0272 e. The number of fused-ring (bicyclic) bond motifs is 1. The molecule has 0 N–H and O–H groups in total. The van der Waals surface area contributed by atoms with E-state index in [-0.39, 0.29) is 0 Å². The summed E-state index contributed by atoms with van der Waals surface area (Å²) in [5, 5.41) is 0. The van der Waals surface area contributed by atoms with Gasteiger partial charge in [-0.1, -0.05) is 39.5 Å². The average molecular weight is 166 g/mol. The smallest absolute Gasteiger partial charge is 0.0272 e. The third-order valence-corrected chi connectivity index (χ3v) is 4.77. The fourth-order valence-corrected chi connectivity index (χ4v) is 3.55. The van der Waals surface area contributed by atoms with Crippen molar-refractivity contribution in [2.24, 2.45) is 17.3 Å². The van der Waals surface area contributed by atoms with Crippen LogP contribution in [0.5, 0.6) is 0 Å². The predicted octanol–water partition coefficient (Wildman–Crippen LogP) is 4.00. The highest BCUT2D eigenvalue weighted by Gasteiger charge is 2.42. The van der Waals surface area contributed by atoms with Crippen LogP contribution < -0.4 is 0 Å². The summed E-state index contributed by atoms with van der Waals surface area (Å²) in [4.78, 5) is 0. The molecule has 0 aliphatic heterocycles. The van der Waals surface area contributed by atoms with Gasteiger partial charge in [0.25, 0.3) is 0 Å². The molecule has 0 bridgehead atoms. The molecule has 0 heteroatoms. The molecule has 0 aromatic rings. The quantitative estimate of drug-likeness (QED) is 0.510. The Morgan fingerprint density at radius 2 is 1.75 bits per heavy atom. The van der Waals surface area contributed by atoms with Crippen molar-refractivity contribution in [2.75, 3.05) is 0 Å². The molecular formula is C12H22. The van der Waals surface area contributed by atoms with Crippen molar-refractivity contribution < 1.29 is 0 Å². The Labute approximate surface area is 76.7 Å². The molecule has 0 amide bonds. The van der Waals surface area contributed by atoms with Crippen LogP contribution in [0.3, 0.4) is 0 Å². The Morgan fingerprint density at radius 1 is 1.00 bits per heavy atom. The van der Waals surface area contributed by atoms with Gasteiger partial charge in [-0.25, -0.2) is 0 Å².